The molecule has 6 heteroatoms. The summed E-state index contributed by atoms with van der Waals surface area (Å²) in [7, 11) is 0. The average molecular weight is 249 g/mol. The zero-order valence-corrected chi connectivity index (χ0v) is 10.2. The molecular weight excluding hydrogens is 234 g/mol. The number of fused-ring (bicyclic) bond motifs is 1. The topological polar surface area (TPSA) is 88.2 Å². The van der Waals surface area contributed by atoms with Gasteiger partial charge in [0.2, 0.25) is 0 Å². The van der Waals surface area contributed by atoms with Crippen molar-refractivity contribution in [3.63, 3.8) is 0 Å². The van der Waals surface area contributed by atoms with Crippen LogP contribution in [0.15, 0.2) is 18.2 Å². The highest BCUT2D eigenvalue weighted by molar-refractivity contribution is 5.92. The van der Waals surface area contributed by atoms with Gasteiger partial charge in [0, 0.05) is 0 Å². The molecule has 2 aromatic rings. The summed E-state index contributed by atoms with van der Waals surface area (Å²) in [5.74, 6) is -0.817. The maximum atomic E-state index is 11.0. The van der Waals surface area contributed by atoms with E-state index in [0.717, 1.165) is 0 Å². The van der Waals surface area contributed by atoms with Gasteiger partial charge in [-0.1, -0.05) is 19.1 Å². The van der Waals surface area contributed by atoms with E-state index >= 15 is 0 Å². The van der Waals surface area contributed by atoms with Gasteiger partial charge in [-0.15, -0.1) is 5.10 Å². The average Bonchev–Trinajstić information content (AvgIpc) is 2.73. The quantitative estimate of drug-likeness (QED) is 0.853. The van der Waals surface area contributed by atoms with Crippen molar-refractivity contribution >= 4 is 17.0 Å². The second kappa shape index (κ2) is 4.73. The number of aliphatic hydroxyl groups excluding tert-OH is 1. The molecule has 0 saturated heterocycles. The molecule has 2 N–H and O–H groups in total. The number of carboxylic acids is 1. The Bertz CT molecular complexity index is 577. The lowest BCUT2D eigenvalue weighted by Crippen LogP contribution is -2.20. The number of aromatic nitrogens is 3. The molecule has 0 aliphatic rings. The van der Waals surface area contributed by atoms with Crippen LogP contribution in [0.25, 0.3) is 11.0 Å². The van der Waals surface area contributed by atoms with Gasteiger partial charge in [-0.2, -0.15) is 0 Å². The van der Waals surface area contributed by atoms with Crippen molar-refractivity contribution < 1.29 is 15.0 Å². The molecule has 18 heavy (non-hydrogen) atoms. The highest BCUT2D eigenvalue weighted by atomic mass is 16.4. The predicted molar refractivity (Wildman–Crippen MR) is 65.4 cm³/mol. The summed E-state index contributed by atoms with van der Waals surface area (Å²) in [6, 6.07) is 4.44. The van der Waals surface area contributed by atoms with Crippen LogP contribution in [-0.2, 0) is 0 Å². The molecule has 0 bridgehead atoms. The Morgan fingerprint density at radius 2 is 2.17 bits per heavy atom. The Balaban J connectivity index is 2.57. The fraction of sp³-hybridized carbons (Fsp3) is 0.417. The molecule has 96 valence electrons. The van der Waals surface area contributed by atoms with E-state index in [-0.39, 0.29) is 24.1 Å². The minimum Gasteiger partial charge on any atom is -0.478 e. The summed E-state index contributed by atoms with van der Waals surface area (Å²) >= 11 is 0. The van der Waals surface area contributed by atoms with Gasteiger partial charge >= 0.3 is 5.97 Å². The number of hydrogen-bond donors (Lipinski definition) is 2. The largest absolute Gasteiger partial charge is 0.478 e. The third-order valence-corrected chi connectivity index (χ3v) is 2.99. The van der Waals surface area contributed by atoms with Crippen molar-refractivity contribution in [3.05, 3.63) is 23.8 Å². The van der Waals surface area contributed by atoms with Crippen LogP contribution in [0, 0.1) is 5.92 Å². The second-order valence-corrected chi connectivity index (χ2v) is 4.54. The third kappa shape index (κ3) is 2.06. The number of aromatic carboxylic acids is 1. The van der Waals surface area contributed by atoms with Crippen molar-refractivity contribution in [2.24, 2.45) is 5.92 Å². The first-order valence-corrected chi connectivity index (χ1v) is 5.73. The molecule has 0 aliphatic carbocycles. The van der Waals surface area contributed by atoms with Crippen LogP contribution in [0.1, 0.15) is 30.2 Å². The van der Waals surface area contributed by atoms with Crippen LogP contribution in [0.5, 0.6) is 0 Å². The number of hydrogen-bond acceptors (Lipinski definition) is 4. The molecule has 0 aliphatic heterocycles. The highest BCUT2D eigenvalue weighted by Gasteiger charge is 2.19. The van der Waals surface area contributed by atoms with E-state index in [0.29, 0.717) is 11.0 Å². The molecule has 0 radical (unpaired) electrons. The van der Waals surface area contributed by atoms with Crippen molar-refractivity contribution in [3.8, 4) is 0 Å². The fourth-order valence-corrected chi connectivity index (χ4v) is 1.88. The van der Waals surface area contributed by atoms with Crippen molar-refractivity contribution in [2.75, 3.05) is 6.61 Å². The first kappa shape index (κ1) is 12.5. The standard InChI is InChI=1S/C12H15N3O3/c1-7(2)11(6-16)15-10-5-8(12(17)18)3-4-9(10)13-14-15/h3-5,7,11,16H,6H2,1-2H3,(H,17,18). The van der Waals surface area contributed by atoms with Gasteiger partial charge in [-0.05, 0) is 24.1 Å². The Morgan fingerprint density at radius 3 is 2.72 bits per heavy atom. The number of benzene rings is 1. The van der Waals surface area contributed by atoms with Crippen LogP contribution in [0.3, 0.4) is 0 Å². The second-order valence-electron chi connectivity index (χ2n) is 4.54. The molecule has 0 spiro atoms. The van der Waals surface area contributed by atoms with Crippen LogP contribution in [-0.4, -0.2) is 37.8 Å². The van der Waals surface area contributed by atoms with Crippen LogP contribution in [0.4, 0.5) is 0 Å². The van der Waals surface area contributed by atoms with Gasteiger partial charge in [-0.3, -0.25) is 0 Å². The van der Waals surface area contributed by atoms with E-state index in [4.69, 9.17) is 5.11 Å². The Morgan fingerprint density at radius 1 is 1.44 bits per heavy atom. The summed E-state index contributed by atoms with van der Waals surface area (Å²) < 4.78 is 1.59. The molecule has 2 rings (SSSR count). The number of nitrogens with zero attached hydrogens (tertiary/aromatic N) is 3. The van der Waals surface area contributed by atoms with Gasteiger partial charge in [0.1, 0.15) is 5.52 Å². The Labute approximate surface area is 104 Å². The number of aliphatic hydroxyl groups is 1. The summed E-state index contributed by atoms with van der Waals surface area (Å²) in [5, 5.41) is 26.4. The molecule has 0 amide bonds. The maximum Gasteiger partial charge on any atom is 0.335 e. The lowest BCUT2D eigenvalue weighted by atomic mass is 10.1. The van der Waals surface area contributed by atoms with Gasteiger partial charge in [0.05, 0.1) is 23.7 Å². The molecule has 1 unspecified atom stereocenters. The van der Waals surface area contributed by atoms with Gasteiger partial charge < -0.3 is 10.2 Å². The summed E-state index contributed by atoms with van der Waals surface area (Å²) in [4.78, 5) is 11.0. The van der Waals surface area contributed by atoms with Crippen LogP contribution in [0.2, 0.25) is 0 Å². The molecule has 1 atom stereocenters. The predicted octanol–water partition coefficient (Wildman–Crippen LogP) is 1.32. The third-order valence-electron chi connectivity index (χ3n) is 2.99. The van der Waals surface area contributed by atoms with Crippen molar-refractivity contribution in [1.29, 1.82) is 0 Å². The van der Waals surface area contributed by atoms with E-state index in [1.54, 1.807) is 10.7 Å². The van der Waals surface area contributed by atoms with Crippen molar-refractivity contribution in [1.82, 2.24) is 15.0 Å². The number of carbonyl (C=O) groups is 1. The SMILES string of the molecule is CC(C)C(CO)n1nnc2ccc(C(=O)O)cc21. The molecule has 1 aromatic heterocycles. The molecule has 1 aromatic carbocycles. The minimum atomic E-state index is -0.991. The Kier molecular flexibility index (Phi) is 3.29. The zero-order valence-electron chi connectivity index (χ0n) is 10.2. The molecule has 6 nitrogen and oxygen atoms in total. The smallest absolute Gasteiger partial charge is 0.335 e. The van der Waals surface area contributed by atoms with E-state index in [1.807, 2.05) is 13.8 Å². The van der Waals surface area contributed by atoms with E-state index in [1.165, 1.54) is 12.1 Å². The first-order valence-electron chi connectivity index (χ1n) is 5.73. The molecule has 1 heterocycles. The minimum absolute atomic E-state index is 0.0621. The molecular formula is C12H15N3O3. The Hall–Kier alpha value is -1.95. The lowest BCUT2D eigenvalue weighted by molar-refractivity contribution is 0.0697. The highest BCUT2D eigenvalue weighted by Crippen LogP contribution is 2.22. The zero-order chi connectivity index (χ0) is 13.3. The van der Waals surface area contributed by atoms with E-state index in [2.05, 4.69) is 10.3 Å². The van der Waals surface area contributed by atoms with E-state index in [9.17, 15) is 9.90 Å². The van der Waals surface area contributed by atoms with Gasteiger partial charge in [0.15, 0.2) is 0 Å². The molecule has 0 fully saturated rings. The van der Waals surface area contributed by atoms with Gasteiger partial charge in [0.25, 0.3) is 0 Å². The molecule has 0 saturated carbocycles. The summed E-state index contributed by atoms with van der Waals surface area (Å²) in [6.45, 7) is 3.87. The van der Waals surface area contributed by atoms with Crippen molar-refractivity contribution in [2.45, 2.75) is 19.9 Å². The number of carboxylic acid groups (broad SMARTS) is 1. The fourth-order valence-electron chi connectivity index (χ4n) is 1.88. The van der Waals surface area contributed by atoms with E-state index < -0.39 is 5.97 Å². The lowest BCUT2D eigenvalue weighted by Gasteiger charge is -2.18. The summed E-state index contributed by atoms with van der Waals surface area (Å²) in [5.41, 5.74) is 1.44. The monoisotopic (exact) mass is 249 g/mol. The van der Waals surface area contributed by atoms with Gasteiger partial charge in [-0.25, -0.2) is 9.48 Å². The maximum absolute atomic E-state index is 11.0. The summed E-state index contributed by atoms with van der Waals surface area (Å²) in [6.07, 6.45) is 0. The normalized spacial score (nSPS) is 13.1. The number of rotatable bonds is 4. The van der Waals surface area contributed by atoms with Crippen LogP contribution < -0.4 is 0 Å². The van der Waals surface area contributed by atoms with Crippen LogP contribution >= 0.6 is 0 Å². The first-order chi connectivity index (χ1) is 8.54.